The van der Waals surface area contributed by atoms with Crippen LogP contribution in [0.15, 0.2) is 229 Å². The molecule has 0 radical (unpaired) electrons. The molecule has 4 nitrogen and oxygen atoms in total. The maximum absolute atomic E-state index is 6.53. The van der Waals surface area contributed by atoms with Crippen molar-refractivity contribution in [1.82, 2.24) is 15.0 Å². The van der Waals surface area contributed by atoms with Crippen LogP contribution in [0.25, 0.3) is 107 Å². The first kappa shape index (κ1) is 37.1. The van der Waals surface area contributed by atoms with Crippen LogP contribution < -0.4 is 0 Å². The predicted octanol–water partition coefficient (Wildman–Crippen LogP) is 15.2. The van der Waals surface area contributed by atoms with Crippen molar-refractivity contribution in [1.29, 1.82) is 0 Å². The molecule has 0 aliphatic heterocycles. The van der Waals surface area contributed by atoms with Crippen LogP contribution >= 0.6 is 0 Å². The summed E-state index contributed by atoms with van der Waals surface area (Å²) >= 11 is 0. The maximum Gasteiger partial charge on any atom is 0.164 e. The van der Waals surface area contributed by atoms with Crippen molar-refractivity contribution in [2.24, 2.45) is 0 Å². The van der Waals surface area contributed by atoms with Gasteiger partial charge in [-0.3, -0.25) is 0 Å². The van der Waals surface area contributed by atoms with Gasteiger partial charge >= 0.3 is 0 Å². The molecule has 0 unspecified atom stereocenters. The Kier molecular flexibility index (Phi) is 10.1. The van der Waals surface area contributed by atoms with Crippen molar-refractivity contribution in [2.75, 3.05) is 0 Å². The van der Waals surface area contributed by atoms with Gasteiger partial charge in [0.25, 0.3) is 0 Å². The number of hydrogen-bond acceptors (Lipinski definition) is 4. The average Bonchev–Trinajstić information content (AvgIpc) is 3.72. The number of benzene rings is 8. The van der Waals surface area contributed by atoms with Gasteiger partial charge in [0, 0.05) is 27.5 Å². The van der Waals surface area contributed by atoms with Crippen LogP contribution in [0.4, 0.5) is 0 Å². The Morgan fingerprint density at radius 3 is 1.67 bits per heavy atom. The number of nitrogens with zero attached hydrogens (tertiary/aromatic N) is 3. The molecule has 10 aromatic rings. The van der Waals surface area contributed by atoms with Gasteiger partial charge in [-0.25, -0.2) is 15.0 Å². The third kappa shape index (κ3) is 7.62. The second-order valence-corrected chi connectivity index (χ2v) is 14.8. The third-order valence-electron chi connectivity index (χ3n) is 10.9. The lowest BCUT2D eigenvalue weighted by Gasteiger charge is -2.14. The van der Waals surface area contributed by atoms with E-state index in [0.717, 1.165) is 77.6 Å². The molecule has 0 bridgehead atoms. The first-order chi connectivity index (χ1) is 30.2. The molecule has 0 amide bonds. The van der Waals surface area contributed by atoms with E-state index in [4.69, 9.17) is 19.4 Å². The molecule has 0 fully saturated rings. The fraction of sp³-hybridized carbons (Fsp3) is 0. The highest BCUT2D eigenvalue weighted by atomic mass is 16.3. The van der Waals surface area contributed by atoms with Crippen molar-refractivity contribution in [2.45, 2.75) is 0 Å². The van der Waals surface area contributed by atoms with Gasteiger partial charge in [0.15, 0.2) is 17.5 Å². The van der Waals surface area contributed by atoms with Gasteiger partial charge in [0.2, 0.25) is 0 Å². The molecule has 2 heterocycles. The van der Waals surface area contributed by atoms with E-state index < -0.39 is 0 Å². The van der Waals surface area contributed by atoms with E-state index in [-0.39, 0.29) is 0 Å². The standard InChI is InChI=1S/C57H39N3O/c1-2-3-4-8-17-39-18-15-25-47(36-39)50-37-45(32-34-48(50)42-21-11-6-12-22-42)46-33-35-52-51(38-46)54-49(26-16-27-53(54)61-52)57-59-55(43-23-13-7-14-24-43)58-56(60-57)44-30-28-41(29-31-44)40-19-9-5-10-20-40/h2-38H,1H2/b4-3-,17-8+. The Morgan fingerprint density at radius 1 is 0.361 bits per heavy atom. The van der Waals surface area contributed by atoms with Crippen molar-refractivity contribution in [3.63, 3.8) is 0 Å². The molecule has 0 aliphatic carbocycles. The summed E-state index contributed by atoms with van der Waals surface area (Å²) in [6, 6.07) is 67.5. The van der Waals surface area contributed by atoms with Gasteiger partial charge in [-0.15, -0.1) is 0 Å². The normalized spacial score (nSPS) is 11.5. The Hall–Kier alpha value is -8.21. The van der Waals surface area contributed by atoms with Crippen molar-refractivity contribution < 1.29 is 4.42 Å². The molecule has 0 atom stereocenters. The Bertz CT molecular complexity index is 3240. The van der Waals surface area contributed by atoms with Crippen molar-refractivity contribution in [3.8, 4) is 78.7 Å². The largest absolute Gasteiger partial charge is 0.456 e. The van der Waals surface area contributed by atoms with Crippen LogP contribution in [-0.2, 0) is 0 Å². The van der Waals surface area contributed by atoms with E-state index in [1.165, 1.54) is 11.1 Å². The lowest BCUT2D eigenvalue weighted by atomic mass is 9.90. The minimum absolute atomic E-state index is 0.582. The summed E-state index contributed by atoms with van der Waals surface area (Å²) in [7, 11) is 0. The summed E-state index contributed by atoms with van der Waals surface area (Å²) in [4.78, 5) is 15.3. The fourth-order valence-electron chi connectivity index (χ4n) is 7.93. The van der Waals surface area contributed by atoms with Crippen LogP contribution in [0.2, 0.25) is 0 Å². The molecular weight excluding hydrogens is 743 g/mol. The molecule has 288 valence electrons. The minimum Gasteiger partial charge on any atom is -0.456 e. The number of fused-ring (bicyclic) bond motifs is 3. The summed E-state index contributed by atoms with van der Waals surface area (Å²) in [5, 5.41) is 1.95. The first-order valence-corrected chi connectivity index (χ1v) is 20.4. The van der Waals surface area contributed by atoms with Crippen LogP contribution in [0.1, 0.15) is 5.56 Å². The SMILES string of the molecule is C=C/C=C\C=C\c1cccc(-c2cc(-c3ccc4oc5cccc(-c6nc(-c7ccccc7)nc(-c7ccc(-c8ccccc8)cc7)n6)c5c4c3)ccc2-c2ccccc2)c1. The molecule has 8 aromatic carbocycles. The van der Waals surface area contributed by atoms with Gasteiger partial charge < -0.3 is 4.42 Å². The molecule has 10 rings (SSSR count). The van der Waals surface area contributed by atoms with E-state index in [0.29, 0.717) is 17.5 Å². The number of hydrogen-bond donors (Lipinski definition) is 0. The second-order valence-electron chi connectivity index (χ2n) is 14.8. The molecule has 0 aliphatic rings. The third-order valence-corrected chi connectivity index (χ3v) is 10.9. The zero-order valence-electron chi connectivity index (χ0n) is 33.3. The summed E-state index contributed by atoms with van der Waals surface area (Å²) in [6.07, 6.45) is 9.85. The van der Waals surface area contributed by atoms with Crippen LogP contribution in [-0.4, -0.2) is 15.0 Å². The number of aromatic nitrogens is 3. The lowest BCUT2D eigenvalue weighted by molar-refractivity contribution is 0.669. The van der Waals surface area contributed by atoms with Crippen LogP contribution in [0.3, 0.4) is 0 Å². The first-order valence-electron chi connectivity index (χ1n) is 20.4. The van der Waals surface area contributed by atoms with Crippen molar-refractivity contribution >= 4 is 28.0 Å². The number of rotatable bonds is 10. The second kappa shape index (κ2) is 16.6. The topological polar surface area (TPSA) is 51.8 Å². The molecule has 61 heavy (non-hydrogen) atoms. The highest BCUT2D eigenvalue weighted by Gasteiger charge is 2.19. The molecule has 0 spiro atoms. The fourth-order valence-corrected chi connectivity index (χ4v) is 7.93. The highest BCUT2D eigenvalue weighted by Crippen LogP contribution is 2.41. The minimum atomic E-state index is 0.582. The molecular formula is C57H39N3O. The van der Waals surface area contributed by atoms with E-state index >= 15 is 0 Å². The zero-order chi connectivity index (χ0) is 41.0. The van der Waals surface area contributed by atoms with E-state index in [2.05, 4.69) is 158 Å². The number of furan rings is 1. The van der Waals surface area contributed by atoms with Gasteiger partial charge in [0.05, 0.1) is 0 Å². The Morgan fingerprint density at radius 2 is 0.934 bits per heavy atom. The lowest BCUT2D eigenvalue weighted by Crippen LogP contribution is -2.00. The molecule has 0 saturated heterocycles. The smallest absolute Gasteiger partial charge is 0.164 e. The molecule has 2 aromatic heterocycles. The summed E-state index contributed by atoms with van der Waals surface area (Å²) in [5.41, 5.74) is 14.5. The van der Waals surface area contributed by atoms with Gasteiger partial charge in [-0.2, -0.15) is 0 Å². The Labute approximate surface area is 355 Å². The molecule has 4 heteroatoms. The van der Waals surface area contributed by atoms with Gasteiger partial charge in [-0.05, 0) is 80.4 Å². The summed E-state index contributed by atoms with van der Waals surface area (Å²) in [6.45, 7) is 3.78. The van der Waals surface area contributed by atoms with Crippen LogP contribution in [0, 0.1) is 0 Å². The van der Waals surface area contributed by atoms with E-state index in [9.17, 15) is 0 Å². The van der Waals surface area contributed by atoms with Gasteiger partial charge in [0.1, 0.15) is 11.2 Å². The summed E-state index contributed by atoms with van der Waals surface area (Å²) < 4.78 is 6.53. The van der Waals surface area contributed by atoms with E-state index in [1.807, 2.05) is 66.8 Å². The summed E-state index contributed by atoms with van der Waals surface area (Å²) in [5.74, 6) is 1.79. The van der Waals surface area contributed by atoms with E-state index in [1.54, 1.807) is 6.08 Å². The molecule has 0 N–H and O–H groups in total. The zero-order valence-corrected chi connectivity index (χ0v) is 33.3. The van der Waals surface area contributed by atoms with Crippen molar-refractivity contribution in [3.05, 3.63) is 231 Å². The monoisotopic (exact) mass is 781 g/mol. The van der Waals surface area contributed by atoms with Gasteiger partial charge in [-0.1, -0.05) is 201 Å². The predicted molar refractivity (Wildman–Crippen MR) is 254 cm³/mol. The highest BCUT2D eigenvalue weighted by molar-refractivity contribution is 6.13. The average molecular weight is 782 g/mol. The maximum atomic E-state index is 6.53. The van der Waals surface area contributed by atoms with Crippen LogP contribution in [0.5, 0.6) is 0 Å². The number of allylic oxidation sites excluding steroid dienone is 4. The quantitative estimate of drug-likeness (QED) is 0.130. The Balaban J connectivity index is 1.10. The molecule has 0 saturated carbocycles.